The maximum Gasteiger partial charge on any atom is 0.164 e. The van der Waals surface area contributed by atoms with Crippen molar-refractivity contribution in [2.75, 3.05) is 0 Å². The second kappa shape index (κ2) is 15.3. The van der Waals surface area contributed by atoms with Crippen molar-refractivity contribution in [2.45, 2.75) is 29.1 Å². The third-order valence-electron chi connectivity index (χ3n) is 13.0. The fraction of sp³-hybridized carbons (Fsp3) is 0.0500. The lowest BCUT2D eigenvalue weighted by Gasteiger charge is -2.23. The lowest BCUT2D eigenvalue weighted by molar-refractivity contribution is 0.659. The Bertz CT molecular complexity index is 3430. The highest BCUT2D eigenvalue weighted by atomic mass is 32.2. The lowest BCUT2D eigenvalue weighted by atomic mass is 9.81. The Morgan fingerprint density at radius 2 is 0.719 bits per heavy atom. The fourth-order valence-electron chi connectivity index (χ4n) is 9.76. The zero-order valence-electron chi connectivity index (χ0n) is 35.5. The molecule has 2 heterocycles. The van der Waals surface area contributed by atoms with Gasteiger partial charge in [0.1, 0.15) is 0 Å². The van der Waals surface area contributed by atoms with Gasteiger partial charge in [-0.1, -0.05) is 214 Å². The summed E-state index contributed by atoms with van der Waals surface area (Å²) in [6.45, 7) is 4.73. The van der Waals surface area contributed by atoms with Gasteiger partial charge < -0.3 is 0 Å². The first kappa shape index (κ1) is 38.0. The van der Waals surface area contributed by atoms with Crippen LogP contribution in [0.25, 0.3) is 101 Å². The van der Waals surface area contributed by atoms with Crippen LogP contribution in [0.3, 0.4) is 0 Å². The van der Waals surface area contributed by atoms with E-state index in [2.05, 4.69) is 202 Å². The van der Waals surface area contributed by atoms with Crippen LogP contribution in [0.4, 0.5) is 0 Å². The van der Waals surface area contributed by atoms with Crippen LogP contribution in [0.2, 0.25) is 0 Å². The average Bonchev–Trinajstić information content (AvgIpc) is 3.58. The smallest absolute Gasteiger partial charge is 0.164 e. The van der Waals surface area contributed by atoms with Gasteiger partial charge >= 0.3 is 0 Å². The van der Waals surface area contributed by atoms with Gasteiger partial charge in [0, 0.05) is 31.9 Å². The van der Waals surface area contributed by atoms with Crippen LogP contribution in [0, 0.1) is 0 Å². The minimum Gasteiger partial charge on any atom is -0.208 e. The zero-order valence-corrected chi connectivity index (χ0v) is 36.3. The Balaban J connectivity index is 1.13. The molecule has 12 rings (SSSR count). The second-order valence-corrected chi connectivity index (χ2v) is 18.2. The van der Waals surface area contributed by atoms with Gasteiger partial charge in [0.15, 0.2) is 17.5 Å². The molecule has 4 heteroatoms. The Hall–Kier alpha value is -7.66. The standard InChI is InChI=1S/C60H41N3S/c1-60(2)53-27-15-13-25-48(53)51-36-52-50-35-42(59-62-57(40-19-7-4-8-20-40)61-58(63-59)41-31-29-39(30-32-41)38-17-5-3-6-18-38)33-34-47(50)45-23-10-9-21-43(45)44-22-11-12-24-46(44)49-26-14-16-28-55(49)64-56(52)37-54(51)60/h3-37H,1-2H3. The van der Waals surface area contributed by atoms with Crippen molar-refractivity contribution in [1.29, 1.82) is 0 Å². The summed E-state index contributed by atoms with van der Waals surface area (Å²) >= 11 is 1.86. The molecule has 10 aromatic rings. The highest BCUT2D eigenvalue weighted by molar-refractivity contribution is 7.99. The highest BCUT2D eigenvalue weighted by Gasteiger charge is 2.37. The summed E-state index contributed by atoms with van der Waals surface area (Å²) in [5.41, 5.74) is 19.7. The summed E-state index contributed by atoms with van der Waals surface area (Å²) in [5.74, 6) is 1.89. The van der Waals surface area contributed by atoms with Crippen molar-refractivity contribution in [3.8, 4) is 101 Å². The summed E-state index contributed by atoms with van der Waals surface area (Å²) in [6.07, 6.45) is 0. The van der Waals surface area contributed by atoms with E-state index < -0.39 is 0 Å². The van der Waals surface area contributed by atoms with Crippen molar-refractivity contribution >= 4 is 11.8 Å². The predicted octanol–water partition coefficient (Wildman–Crippen LogP) is 16.0. The van der Waals surface area contributed by atoms with E-state index in [0.29, 0.717) is 17.5 Å². The minimum absolute atomic E-state index is 0.161. The van der Waals surface area contributed by atoms with E-state index in [4.69, 9.17) is 15.0 Å². The van der Waals surface area contributed by atoms with Crippen LogP contribution in [0.1, 0.15) is 25.0 Å². The molecule has 0 atom stereocenters. The van der Waals surface area contributed by atoms with Gasteiger partial charge in [0.25, 0.3) is 0 Å². The Morgan fingerprint density at radius 3 is 1.36 bits per heavy atom. The fourth-order valence-corrected chi connectivity index (χ4v) is 10.9. The van der Waals surface area contributed by atoms with Crippen molar-refractivity contribution in [3.63, 3.8) is 0 Å². The molecule has 0 saturated heterocycles. The maximum absolute atomic E-state index is 5.28. The quantitative estimate of drug-likeness (QED) is 0.177. The van der Waals surface area contributed by atoms with Crippen molar-refractivity contribution in [1.82, 2.24) is 15.0 Å². The number of hydrogen-bond acceptors (Lipinski definition) is 4. The first-order valence-electron chi connectivity index (χ1n) is 21.8. The molecule has 0 spiro atoms. The number of benzene rings is 9. The average molecular weight is 836 g/mol. The van der Waals surface area contributed by atoms with E-state index >= 15 is 0 Å². The highest BCUT2D eigenvalue weighted by Crippen LogP contribution is 2.55. The normalized spacial score (nSPS) is 12.9. The van der Waals surface area contributed by atoms with Gasteiger partial charge in [0.2, 0.25) is 0 Å². The largest absolute Gasteiger partial charge is 0.208 e. The molecule has 3 nitrogen and oxygen atoms in total. The number of fused-ring (bicyclic) bond motifs is 12. The van der Waals surface area contributed by atoms with Crippen LogP contribution in [-0.4, -0.2) is 15.0 Å². The van der Waals surface area contributed by atoms with Gasteiger partial charge in [-0.15, -0.1) is 0 Å². The number of aromatic nitrogens is 3. The molecular weight excluding hydrogens is 795 g/mol. The molecule has 1 aliphatic heterocycles. The molecule has 2 aliphatic rings. The summed E-state index contributed by atoms with van der Waals surface area (Å²) in [7, 11) is 0. The van der Waals surface area contributed by atoms with E-state index in [-0.39, 0.29) is 5.41 Å². The molecule has 0 N–H and O–H groups in total. The molecule has 9 aromatic carbocycles. The molecule has 1 aliphatic carbocycles. The Morgan fingerprint density at radius 1 is 0.281 bits per heavy atom. The molecule has 0 unspecified atom stereocenters. The van der Waals surface area contributed by atoms with Gasteiger partial charge in [0.05, 0.1) is 0 Å². The van der Waals surface area contributed by atoms with E-state index in [9.17, 15) is 0 Å². The van der Waals surface area contributed by atoms with Crippen LogP contribution in [0.5, 0.6) is 0 Å². The summed E-state index contributed by atoms with van der Waals surface area (Å²) in [4.78, 5) is 18.1. The van der Waals surface area contributed by atoms with E-state index in [1.54, 1.807) is 0 Å². The Labute approximate surface area is 378 Å². The van der Waals surface area contributed by atoms with Gasteiger partial charge in [-0.2, -0.15) is 0 Å². The SMILES string of the molecule is CC1(C)c2ccccc2-c2cc3c(cc21)Sc1ccccc1-c1ccccc1-c1ccccc1-c1ccc(-c2nc(-c4ccccc4)nc(-c4ccc(-c5ccccc5)cc4)n2)cc1-3. The van der Waals surface area contributed by atoms with Crippen LogP contribution >= 0.6 is 11.8 Å². The Kier molecular flexibility index (Phi) is 9.10. The maximum atomic E-state index is 5.28. The van der Waals surface area contributed by atoms with E-state index in [0.717, 1.165) is 33.4 Å². The summed E-state index contributed by atoms with van der Waals surface area (Å²) in [5, 5.41) is 0. The first-order chi connectivity index (χ1) is 31.5. The van der Waals surface area contributed by atoms with Gasteiger partial charge in [-0.05, 0) is 102 Å². The molecule has 64 heavy (non-hydrogen) atoms. The topological polar surface area (TPSA) is 38.7 Å². The minimum atomic E-state index is -0.161. The van der Waals surface area contributed by atoms with Crippen molar-refractivity contribution in [3.05, 3.63) is 223 Å². The van der Waals surface area contributed by atoms with Crippen LogP contribution in [0.15, 0.2) is 222 Å². The number of nitrogens with zero attached hydrogens (tertiary/aromatic N) is 3. The summed E-state index contributed by atoms with van der Waals surface area (Å²) in [6, 6.07) is 76.5. The lowest BCUT2D eigenvalue weighted by Crippen LogP contribution is -2.15. The van der Waals surface area contributed by atoms with Gasteiger partial charge in [-0.3, -0.25) is 0 Å². The van der Waals surface area contributed by atoms with Gasteiger partial charge in [-0.25, -0.2) is 15.0 Å². The van der Waals surface area contributed by atoms with E-state index in [1.807, 2.05) is 36.0 Å². The predicted molar refractivity (Wildman–Crippen MR) is 265 cm³/mol. The summed E-state index contributed by atoms with van der Waals surface area (Å²) < 4.78 is 0. The molecule has 1 aromatic heterocycles. The molecular formula is C60H41N3S. The molecule has 0 saturated carbocycles. The van der Waals surface area contributed by atoms with Crippen molar-refractivity contribution < 1.29 is 0 Å². The zero-order chi connectivity index (χ0) is 42.8. The third-order valence-corrected chi connectivity index (χ3v) is 14.1. The second-order valence-electron chi connectivity index (χ2n) is 17.1. The number of rotatable bonds is 4. The monoisotopic (exact) mass is 835 g/mol. The molecule has 0 bridgehead atoms. The van der Waals surface area contributed by atoms with E-state index in [1.165, 1.54) is 71.0 Å². The molecule has 0 radical (unpaired) electrons. The van der Waals surface area contributed by atoms with Crippen molar-refractivity contribution in [2.24, 2.45) is 0 Å². The van der Waals surface area contributed by atoms with Crippen LogP contribution in [-0.2, 0) is 5.41 Å². The molecule has 0 amide bonds. The first-order valence-corrected chi connectivity index (χ1v) is 22.7. The number of hydrogen-bond donors (Lipinski definition) is 0. The molecule has 0 fully saturated rings. The van der Waals surface area contributed by atoms with Crippen LogP contribution < -0.4 is 0 Å². The molecule has 302 valence electrons. The third kappa shape index (κ3) is 6.41.